The molecule has 2 heterocycles. The molecule has 1 amide bonds. The molecule has 0 unspecified atom stereocenters. The fourth-order valence-electron chi connectivity index (χ4n) is 3.81. The molecule has 27 heavy (non-hydrogen) atoms. The average Bonchev–Trinajstić information content (AvgIpc) is 3.13. The van der Waals surface area contributed by atoms with E-state index in [0.717, 1.165) is 29.3 Å². The smallest absolute Gasteiger partial charge is 0.256 e. The van der Waals surface area contributed by atoms with E-state index in [0.29, 0.717) is 37.4 Å². The van der Waals surface area contributed by atoms with Crippen molar-refractivity contribution in [3.8, 4) is 0 Å². The Hall–Kier alpha value is -2.82. The van der Waals surface area contributed by atoms with Crippen molar-refractivity contribution in [1.29, 1.82) is 0 Å². The van der Waals surface area contributed by atoms with E-state index < -0.39 is 0 Å². The third-order valence-corrected chi connectivity index (χ3v) is 5.28. The first kappa shape index (κ1) is 17.6. The number of hydrogen-bond acceptors (Lipinski definition) is 2. The van der Waals surface area contributed by atoms with Crippen molar-refractivity contribution in [3.05, 3.63) is 65.6 Å². The first-order valence-electron chi connectivity index (χ1n) is 9.56. The normalized spacial score (nSPS) is 14.7. The Bertz CT molecular complexity index is 957. The van der Waals surface area contributed by atoms with Gasteiger partial charge in [-0.05, 0) is 30.2 Å². The molecule has 2 aromatic carbocycles. The minimum atomic E-state index is -0.189. The van der Waals surface area contributed by atoms with Crippen LogP contribution in [0, 0.1) is 5.82 Å². The van der Waals surface area contributed by atoms with Gasteiger partial charge in [0.2, 0.25) is 0 Å². The molecule has 4 rings (SSSR count). The molecular weight excluding hydrogens is 341 g/mol. The van der Waals surface area contributed by atoms with Gasteiger partial charge in [0.25, 0.3) is 5.91 Å². The number of aromatic amines is 1. The zero-order chi connectivity index (χ0) is 18.8. The van der Waals surface area contributed by atoms with Crippen LogP contribution in [0.5, 0.6) is 0 Å². The summed E-state index contributed by atoms with van der Waals surface area (Å²) in [6, 6.07) is 13.2. The number of anilines is 1. The highest BCUT2D eigenvalue weighted by Gasteiger charge is 2.25. The molecule has 1 aliphatic rings. The van der Waals surface area contributed by atoms with Gasteiger partial charge in [-0.1, -0.05) is 37.6 Å². The van der Waals surface area contributed by atoms with Crippen molar-refractivity contribution < 1.29 is 9.18 Å². The van der Waals surface area contributed by atoms with Gasteiger partial charge in [-0.15, -0.1) is 0 Å². The second kappa shape index (κ2) is 7.43. The zero-order valence-corrected chi connectivity index (χ0v) is 15.5. The van der Waals surface area contributed by atoms with Gasteiger partial charge in [0.15, 0.2) is 0 Å². The van der Waals surface area contributed by atoms with E-state index in [1.165, 1.54) is 0 Å². The summed E-state index contributed by atoms with van der Waals surface area (Å²) < 4.78 is 14.3. The number of carbonyl (C=O) groups excluding carboxylic acids is 1. The lowest BCUT2D eigenvalue weighted by Gasteiger charge is -2.36. The molecule has 0 saturated carbocycles. The van der Waals surface area contributed by atoms with Gasteiger partial charge in [-0.25, -0.2) is 4.39 Å². The summed E-state index contributed by atoms with van der Waals surface area (Å²) in [7, 11) is 0. The molecule has 1 saturated heterocycles. The van der Waals surface area contributed by atoms with E-state index in [-0.39, 0.29) is 11.7 Å². The molecular formula is C22H24FN3O. The van der Waals surface area contributed by atoms with Gasteiger partial charge in [0.1, 0.15) is 5.82 Å². The van der Waals surface area contributed by atoms with E-state index in [4.69, 9.17) is 0 Å². The number of hydrogen-bond donors (Lipinski definition) is 1. The van der Waals surface area contributed by atoms with Crippen LogP contribution in [-0.2, 0) is 6.42 Å². The van der Waals surface area contributed by atoms with Crippen LogP contribution < -0.4 is 4.90 Å². The molecule has 1 N–H and O–H groups in total. The standard InChI is InChI=1S/C22H24FN3O/c1-2-5-16-8-9-19(23)21(14-16)25-10-12-26(13-11-25)22(27)18-15-24-20-7-4-3-6-17(18)20/h3-4,6-9,14-15,24H,2,5,10-13H2,1H3. The predicted octanol–water partition coefficient (Wildman–Crippen LogP) is 4.22. The maximum Gasteiger partial charge on any atom is 0.256 e. The van der Waals surface area contributed by atoms with Crippen molar-refractivity contribution >= 4 is 22.5 Å². The van der Waals surface area contributed by atoms with Crippen LogP contribution in [0.2, 0.25) is 0 Å². The second-order valence-corrected chi connectivity index (χ2v) is 7.06. The monoisotopic (exact) mass is 365 g/mol. The molecule has 0 radical (unpaired) electrons. The Morgan fingerprint density at radius 2 is 1.89 bits per heavy atom. The average molecular weight is 365 g/mol. The number of halogens is 1. The number of aryl methyl sites for hydroxylation is 1. The summed E-state index contributed by atoms with van der Waals surface area (Å²) in [6.07, 6.45) is 3.78. The van der Waals surface area contributed by atoms with Crippen LogP contribution in [0.25, 0.3) is 10.9 Å². The molecule has 1 aromatic heterocycles. The van der Waals surface area contributed by atoms with Crippen molar-refractivity contribution in [2.75, 3.05) is 31.1 Å². The van der Waals surface area contributed by atoms with E-state index >= 15 is 0 Å². The number of benzene rings is 2. The molecule has 0 aliphatic carbocycles. The maximum absolute atomic E-state index is 14.3. The third-order valence-electron chi connectivity index (χ3n) is 5.28. The highest BCUT2D eigenvalue weighted by Crippen LogP contribution is 2.25. The minimum absolute atomic E-state index is 0.0345. The molecule has 0 atom stereocenters. The Balaban J connectivity index is 1.47. The Labute approximate surface area is 158 Å². The lowest BCUT2D eigenvalue weighted by atomic mass is 10.1. The van der Waals surface area contributed by atoms with Gasteiger partial charge in [0.05, 0.1) is 11.3 Å². The highest BCUT2D eigenvalue weighted by molar-refractivity contribution is 6.06. The number of nitrogens with zero attached hydrogens (tertiary/aromatic N) is 2. The second-order valence-electron chi connectivity index (χ2n) is 7.06. The summed E-state index contributed by atoms with van der Waals surface area (Å²) in [5, 5.41) is 0.947. The quantitative estimate of drug-likeness (QED) is 0.752. The van der Waals surface area contributed by atoms with Gasteiger partial charge in [-0.2, -0.15) is 0 Å². The van der Waals surface area contributed by atoms with Crippen LogP contribution in [0.4, 0.5) is 10.1 Å². The Morgan fingerprint density at radius 3 is 2.67 bits per heavy atom. The number of rotatable bonds is 4. The number of aromatic nitrogens is 1. The number of fused-ring (bicyclic) bond motifs is 1. The number of carbonyl (C=O) groups is 1. The lowest BCUT2D eigenvalue weighted by molar-refractivity contribution is 0.0748. The Morgan fingerprint density at radius 1 is 1.11 bits per heavy atom. The van der Waals surface area contributed by atoms with Crippen LogP contribution in [0.3, 0.4) is 0 Å². The molecule has 1 fully saturated rings. The topological polar surface area (TPSA) is 39.3 Å². The fraction of sp³-hybridized carbons (Fsp3) is 0.318. The molecule has 140 valence electrons. The molecule has 5 heteroatoms. The minimum Gasteiger partial charge on any atom is -0.366 e. The van der Waals surface area contributed by atoms with Crippen molar-refractivity contribution in [3.63, 3.8) is 0 Å². The number of para-hydroxylation sites is 1. The summed E-state index contributed by atoms with van der Waals surface area (Å²) in [5.74, 6) is -0.154. The molecule has 0 spiro atoms. The lowest BCUT2D eigenvalue weighted by Crippen LogP contribution is -2.49. The SMILES string of the molecule is CCCc1ccc(F)c(N2CCN(C(=O)c3c[nH]c4ccccc34)CC2)c1. The summed E-state index contributed by atoms with van der Waals surface area (Å²) in [5.41, 5.74) is 3.48. The fourth-order valence-corrected chi connectivity index (χ4v) is 3.81. The predicted molar refractivity (Wildman–Crippen MR) is 107 cm³/mol. The van der Waals surface area contributed by atoms with Crippen LogP contribution in [-0.4, -0.2) is 42.0 Å². The van der Waals surface area contributed by atoms with E-state index in [1.54, 1.807) is 12.3 Å². The van der Waals surface area contributed by atoms with E-state index in [9.17, 15) is 9.18 Å². The van der Waals surface area contributed by atoms with Crippen LogP contribution in [0.1, 0.15) is 29.3 Å². The number of H-pyrrole nitrogens is 1. The molecule has 1 aliphatic heterocycles. The van der Waals surface area contributed by atoms with Gasteiger partial charge < -0.3 is 14.8 Å². The first-order chi connectivity index (χ1) is 13.2. The number of nitrogens with one attached hydrogen (secondary N) is 1. The van der Waals surface area contributed by atoms with Gasteiger partial charge in [0, 0.05) is 43.3 Å². The van der Waals surface area contributed by atoms with Crippen molar-refractivity contribution in [1.82, 2.24) is 9.88 Å². The molecule has 0 bridgehead atoms. The largest absolute Gasteiger partial charge is 0.366 e. The maximum atomic E-state index is 14.3. The van der Waals surface area contributed by atoms with Gasteiger partial charge >= 0.3 is 0 Å². The first-order valence-corrected chi connectivity index (χ1v) is 9.56. The molecule has 4 nitrogen and oxygen atoms in total. The van der Waals surface area contributed by atoms with E-state index in [1.807, 2.05) is 46.2 Å². The zero-order valence-electron chi connectivity index (χ0n) is 15.5. The van der Waals surface area contributed by atoms with Crippen LogP contribution in [0.15, 0.2) is 48.7 Å². The van der Waals surface area contributed by atoms with Gasteiger partial charge in [-0.3, -0.25) is 4.79 Å². The summed E-state index contributed by atoms with van der Waals surface area (Å²) in [6.45, 7) is 4.59. The molecule has 3 aromatic rings. The van der Waals surface area contributed by atoms with E-state index in [2.05, 4.69) is 11.9 Å². The number of piperazine rings is 1. The van der Waals surface area contributed by atoms with Crippen molar-refractivity contribution in [2.24, 2.45) is 0 Å². The summed E-state index contributed by atoms with van der Waals surface area (Å²) in [4.78, 5) is 20.0. The number of amides is 1. The Kier molecular flexibility index (Phi) is 4.84. The summed E-state index contributed by atoms with van der Waals surface area (Å²) >= 11 is 0. The van der Waals surface area contributed by atoms with Crippen molar-refractivity contribution in [2.45, 2.75) is 19.8 Å². The highest BCUT2D eigenvalue weighted by atomic mass is 19.1. The third kappa shape index (κ3) is 3.42. The van der Waals surface area contributed by atoms with Crippen LogP contribution >= 0.6 is 0 Å².